The molecule has 0 aromatic heterocycles. The summed E-state index contributed by atoms with van der Waals surface area (Å²) in [5, 5.41) is 3.55. The van der Waals surface area contributed by atoms with E-state index in [1.54, 1.807) is 29.2 Å². The molecule has 1 atom stereocenters. The Morgan fingerprint density at radius 2 is 1.35 bits per heavy atom. The average molecular weight is 769 g/mol. The molecule has 0 spiro atoms. The summed E-state index contributed by atoms with van der Waals surface area (Å²) in [6.45, 7) is 3.19. The molecule has 0 bridgehead atoms. The van der Waals surface area contributed by atoms with Crippen LogP contribution in [-0.4, -0.2) is 56.0 Å². The molecule has 1 fully saturated rings. The maximum Gasteiger partial charge on any atom is 0.294 e. The molecule has 11 nitrogen and oxygen atoms in total. The summed E-state index contributed by atoms with van der Waals surface area (Å²) in [5.74, 6) is 0.158. The number of hydrogen-bond acceptors (Lipinski definition) is 8. The summed E-state index contributed by atoms with van der Waals surface area (Å²) in [6, 6.07) is 31.7. The molecule has 1 amide bonds. The van der Waals surface area contributed by atoms with Gasteiger partial charge >= 0.3 is 0 Å². The molecule has 280 valence electrons. The standard InChI is InChI=1S/C41H40N2O9S2/c44-41(43-24-33-11-6-31(20-35(33)25-43)23-42-36-16-17-51-27-36)40-34(19-29-9-14-38(15-10-29)54(48,49)50)21-32(18-28-7-12-37(13-8-28)53(45,46)47)22-39(40)52-26-30-4-2-1-3-5-30/h1-15,20-22,36,42H,16-19,23-27H2,(H,45,46,47)(H,48,49,50). The van der Waals surface area contributed by atoms with Gasteiger partial charge in [-0.3, -0.25) is 13.9 Å². The predicted molar refractivity (Wildman–Crippen MR) is 201 cm³/mol. The van der Waals surface area contributed by atoms with Crippen LogP contribution in [0.25, 0.3) is 0 Å². The topological polar surface area (TPSA) is 160 Å². The van der Waals surface area contributed by atoms with Crippen LogP contribution in [0.1, 0.15) is 61.3 Å². The number of nitrogens with one attached hydrogen (secondary N) is 1. The van der Waals surface area contributed by atoms with Gasteiger partial charge in [0.25, 0.3) is 26.1 Å². The van der Waals surface area contributed by atoms with E-state index in [2.05, 4.69) is 23.5 Å². The van der Waals surface area contributed by atoms with E-state index in [0.717, 1.165) is 46.4 Å². The lowest BCUT2D eigenvalue weighted by Gasteiger charge is -2.22. The van der Waals surface area contributed by atoms with E-state index in [4.69, 9.17) is 9.47 Å². The van der Waals surface area contributed by atoms with Crippen LogP contribution in [0.3, 0.4) is 0 Å². The first-order valence-electron chi connectivity index (χ1n) is 17.6. The Balaban J connectivity index is 1.24. The van der Waals surface area contributed by atoms with Crippen LogP contribution in [0, 0.1) is 0 Å². The minimum absolute atomic E-state index is 0.193. The quantitative estimate of drug-likeness (QED) is 0.122. The van der Waals surface area contributed by atoms with Crippen LogP contribution in [0.5, 0.6) is 5.75 Å². The van der Waals surface area contributed by atoms with Gasteiger partial charge < -0.3 is 19.7 Å². The third-order valence-corrected chi connectivity index (χ3v) is 11.5. The fraction of sp³-hybridized carbons (Fsp3) is 0.244. The zero-order valence-corrected chi connectivity index (χ0v) is 31.0. The lowest BCUT2D eigenvalue weighted by molar-refractivity contribution is 0.0745. The summed E-state index contributed by atoms with van der Waals surface area (Å²) in [5.41, 5.74) is 7.45. The minimum atomic E-state index is -4.40. The Morgan fingerprint density at radius 3 is 1.98 bits per heavy atom. The van der Waals surface area contributed by atoms with Gasteiger partial charge in [-0.1, -0.05) is 78.9 Å². The van der Waals surface area contributed by atoms with Crippen LogP contribution in [0.2, 0.25) is 0 Å². The molecule has 0 aliphatic carbocycles. The summed E-state index contributed by atoms with van der Waals surface area (Å²) < 4.78 is 77.8. The van der Waals surface area contributed by atoms with E-state index in [1.807, 2.05) is 42.5 Å². The third kappa shape index (κ3) is 9.07. The lowest BCUT2D eigenvalue weighted by atomic mass is 9.93. The highest BCUT2D eigenvalue weighted by atomic mass is 32.2. The second-order valence-corrected chi connectivity index (χ2v) is 16.5. The number of carbonyl (C=O) groups excluding carboxylic acids is 1. The Bertz CT molecular complexity index is 2360. The molecular weight excluding hydrogens is 729 g/mol. The van der Waals surface area contributed by atoms with Gasteiger partial charge in [0, 0.05) is 32.3 Å². The van der Waals surface area contributed by atoms with Crippen molar-refractivity contribution in [1.82, 2.24) is 10.2 Å². The van der Waals surface area contributed by atoms with E-state index >= 15 is 0 Å². The Labute approximate surface area is 315 Å². The molecule has 13 heteroatoms. The SMILES string of the molecule is O=C(c1c(Cc2ccc(S(=O)(=O)O)cc2)cc(Cc2ccc(S(=O)(=O)O)cc2)cc1OCc1ccccc1)N1Cc2ccc(CNC3CCOC3)cc2C1. The zero-order chi connectivity index (χ0) is 37.9. The van der Waals surface area contributed by atoms with Crippen molar-refractivity contribution < 1.29 is 40.2 Å². The van der Waals surface area contributed by atoms with E-state index < -0.39 is 20.2 Å². The highest BCUT2D eigenvalue weighted by Crippen LogP contribution is 2.34. The van der Waals surface area contributed by atoms with Crippen molar-refractivity contribution in [2.24, 2.45) is 0 Å². The van der Waals surface area contributed by atoms with Crippen molar-refractivity contribution in [3.63, 3.8) is 0 Å². The fourth-order valence-electron chi connectivity index (χ4n) is 6.90. The molecule has 7 rings (SSSR count). The maximum absolute atomic E-state index is 14.8. The van der Waals surface area contributed by atoms with Crippen molar-refractivity contribution >= 4 is 26.1 Å². The van der Waals surface area contributed by atoms with Crippen LogP contribution in [-0.2, 0) is 64.1 Å². The van der Waals surface area contributed by atoms with Gasteiger partial charge in [0.05, 0.1) is 22.0 Å². The molecule has 54 heavy (non-hydrogen) atoms. The molecule has 1 unspecified atom stereocenters. The Kier molecular flexibility index (Phi) is 11.0. The van der Waals surface area contributed by atoms with E-state index in [1.165, 1.54) is 24.3 Å². The number of benzene rings is 5. The van der Waals surface area contributed by atoms with Crippen LogP contribution >= 0.6 is 0 Å². The van der Waals surface area contributed by atoms with Crippen molar-refractivity contribution in [1.29, 1.82) is 0 Å². The number of amides is 1. The zero-order valence-electron chi connectivity index (χ0n) is 29.3. The first-order chi connectivity index (χ1) is 25.9. The van der Waals surface area contributed by atoms with Crippen molar-refractivity contribution in [2.75, 3.05) is 13.2 Å². The molecular formula is C41H40N2O9S2. The van der Waals surface area contributed by atoms with Gasteiger partial charge in [0.15, 0.2) is 0 Å². The van der Waals surface area contributed by atoms with Crippen molar-refractivity contribution in [2.45, 2.75) is 61.3 Å². The number of nitrogens with zero attached hydrogens (tertiary/aromatic N) is 1. The van der Waals surface area contributed by atoms with Gasteiger partial charge in [0.1, 0.15) is 12.4 Å². The molecule has 2 aliphatic heterocycles. The summed E-state index contributed by atoms with van der Waals surface area (Å²) >= 11 is 0. The van der Waals surface area contributed by atoms with Crippen LogP contribution in [0.4, 0.5) is 0 Å². The molecule has 0 radical (unpaired) electrons. The lowest BCUT2D eigenvalue weighted by Crippen LogP contribution is -2.28. The normalized spacial score (nSPS) is 15.7. The van der Waals surface area contributed by atoms with Gasteiger partial charge in [-0.05, 0) is 94.1 Å². The average Bonchev–Trinajstić information content (AvgIpc) is 3.83. The molecule has 5 aromatic carbocycles. The highest BCUT2D eigenvalue weighted by molar-refractivity contribution is 7.86. The highest BCUT2D eigenvalue weighted by Gasteiger charge is 2.30. The van der Waals surface area contributed by atoms with Crippen LogP contribution < -0.4 is 10.1 Å². The van der Waals surface area contributed by atoms with E-state index in [0.29, 0.717) is 61.1 Å². The molecule has 2 heterocycles. The number of rotatable bonds is 13. The van der Waals surface area contributed by atoms with E-state index in [-0.39, 0.29) is 28.7 Å². The van der Waals surface area contributed by atoms with Crippen molar-refractivity contribution in [3.05, 3.63) is 159 Å². The summed E-state index contributed by atoms with van der Waals surface area (Å²) in [7, 11) is -8.76. The largest absolute Gasteiger partial charge is 0.488 e. The molecule has 0 saturated carbocycles. The van der Waals surface area contributed by atoms with Gasteiger partial charge in [-0.2, -0.15) is 16.8 Å². The molecule has 5 aromatic rings. The molecule has 1 saturated heterocycles. The Morgan fingerprint density at radius 1 is 0.722 bits per heavy atom. The summed E-state index contributed by atoms with van der Waals surface area (Å²) in [6.07, 6.45) is 1.58. The third-order valence-electron chi connectivity index (χ3n) is 9.74. The van der Waals surface area contributed by atoms with Gasteiger partial charge in [-0.15, -0.1) is 0 Å². The second-order valence-electron chi connectivity index (χ2n) is 13.7. The van der Waals surface area contributed by atoms with Crippen molar-refractivity contribution in [3.8, 4) is 5.75 Å². The number of fused-ring (bicyclic) bond motifs is 1. The molecule has 2 aliphatic rings. The fourth-order valence-corrected chi connectivity index (χ4v) is 7.86. The van der Waals surface area contributed by atoms with Gasteiger partial charge in [0.2, 0.25) is 0 Å². The first kappa shape index (κ1) is 37.4. The number of hydrogen-bond donors (Lipinski definition) is 3. The monoisotopic (exact) mass is 768 g/mol. The van der Waals surface area contributed by atoms with E-state index in [9.17, 15) is 30.7 Å². The maximum atomic E-state index is 14.8. The van der Waals surface area contributed by atoms with Gasteiger partial charge in [-0.25, -0.2) is 0 Å². The smallest absolute Gasteiger partial charge is 0.294 e. The molecule has 3 N–H and O–H groups in total. The summed E-state index contributed by atoms with van der Waals surface area (Å²) in [4.78, 5) is 16.1. The number of ether oxygens (including phenoxy) is 2. The second kappa shape index (κ2) is 15.8. The first-order valence-corrected chi connectivity index (χ1v) is 20.4. The number of carbonyl (C=O) groups is 1. The van der Waals surface area contributed by atoms with Crippen LogP contribution in [0.15, 0.2) is 119 Å². The Hall–Kier alpha value is -4.89. The predicted octanol–water partition coefficient (Wildman–Crippen LogP) is 5.98. The minimum Gasteiger partial charge on any atom is -0.488 e.